The van der Waals surface area contributed by atoms with Crippen molar-refractivity contribution in [2.75, 3.05) is 5.32 Å². The summed E-state index contributed by atoms with van der Waals surface area (Å²) in [7, 11) is 0. The molecule has 4 rings (SSSR count). The SMILES string of the molecule is C[C@H](OC(=O)/C=C/c1nc2ccccc2s1)C(=O)Nc1cccc2ccccc12. The van der Waals surface area contributed by atoms with Crippen molar-refractivity contribution in [2.24, 2.45) is 0 Å². The van der Waals surface area contributed by atoms with Gasteiger partial charge in [0.25, 0.3) is 5.91 Å². The maximum absolute atomic E-state index is 12.5. The number of thiazole rings is 1. The van der Waals surface area contributed by atoms with E-state index in [2.05, 4.69) is 10.3 Å². The number of rotatable bonds is 5. The van der Waals surface area contributed by atoms with Gasteiger partial charge < -0.3 is 10.1 Å². The molecule has 1 aromatic heterocycles. The molecule has 1 heterocycles. The van der Waals surface area contributed by atoms with Crippen LogP contribution in [0.1, 0.15) is 11.9 Å². The highest BCUT2D eigenvalue weighted by molar-refractivity contribution is 7.19. The fraction of sp³-hybridized carbons (Fsp3) is 0.0870. The first-order valence-electron chi connectivity index (χ1n) is 9.13. The molecule has 0 saturated heterocycles. The van der Waals surface area contributed by atoms with Gasteiger partial charge >= 0.3 is 5.97 Å². The molecule has 0 spiro atoms. The Bertz CT molecular complexity index is 1190. The van der Waals surface area contributed by atoms with Gasteiger partial charge in [-0.15, -0.1) is 11.3 Å². The summed E-state index contributed by atoms with van der Waals surface area (Å²) in [6.07, 6.45) is 1.96. The highest BCUT2D eigenvalue weighted by Crippen LogP contribution is 2.24. The number of benzene rings is 3. The first kappa shape index (κ1) is 18.8. The van der Waals surface area contributed by atoms with Crippen molar-refractivity contribution in [2.45, 2.75) is 13.0 Å². The number of para-hydroxylation sites is 1. The Balaban J connectivity index is 1.39. The van der Waals surface area contributed by atoms with Gasteiger partial charge in [0.05, 0.1) is 10.2 Å². The molecule has 6 heteroatoms. The van der Waals surface area contributed by atoms with Gasteiger partial charge in [0, 0.05) is 17.1 Å². The van der Waals surface area contributed by atoms with Crippen LogP contribution in [0.4, 0.5) is 5.69 Å². The summed E-state index contributed by atoms with van der Waals surface area (Å²) in [6.45, 7) is 1.55. The summed E-state index contributed by atoms with van der Waals surface area (Å²) in [5, 5.41) is 5.49. The van der Waals surface area contributed by atoms with Crippen LogP contribution in [0.15, 0.2) is 72.8 Å². The van der Waals surface area contributed by atoms with Gasteiger partial charge in [0.1, 0.15) is 5.01 Å². The number of nitrogens with zero attached hydrogens (tertiary/aromatic N) is 1. The van der Waals surface area contributed by atoms with Gasteiger partial charge in [-0.25, -0.2) is 9.78 Å². The zero-order chi connectivity index (χ0) is 20.2. The minimum Gasteiger partial charge on any atom is -0.449 e. The highest BCUT2D eigenvalue weighted by Gasteiger charge is 2.17. The molecule has 0 fully saturated rings. The van der Waals surface area contributed by atoms with Crippen molar-refractivity contribution < 1.29 is 14.3 Å². The lowest BCUT2D eigenvalue weighted by Gasteiger charge is -2.13. The maximum atomic E-state index is 12.5. The first-order chi connectivity index (χ1) is 14.1. The number of carbonyl (C=O) groups excluding carboxylic acids is 2. The number of hydrogen-bond acceptors (Lipinski definition) is 5. The normalized spacial score (nSPS) is 12.3. The van der Waals surface area contributed by atoms with E-state index in [1.807, 2.05) is 66.7 Å². The fourth-order valence-corrected chi connectivity index (χ4v) is 3.81. The lowest BCUT2D eigenvalue weighted by atomic mass is 10.1. The number of esters is 1. The Hall–Kier alpha value is -3.51. The Morgan fingerprint density at radius 3 is 2.66 bits per heavy atom. The molecule has 0 unspecified atom stereocenters. The summed E-state index contributed by atoms with van der Waals surface area (Å²) in [5.74, 6) is -0.979. The van der Waals surface area contributed by atoms with Gasteiger partial charge in [-0.3, -0.25) is 4.79 Å². The van der Waals surface area contributed by atoms with Crippen molar-refractivity contribution in [1.29, 1.82) is 0 Å². The van der Waals surface area contributed by atoms with Crippen molar-refractivity contribution in [3.63, 3.8) is 0 Å². The molecule has 0 aliphatic carbocycles. The number of nitrogens with one attached hydrogen (secondary N) is 1. The summed E-state index contributed by atoms with van der Waals surface area (Å²) in [6, 6.07) is 21.2. The number of ether oxygens (including phenoxy) is 1. The Morgan fingerprint density at radius 2 is 1.79 bits per heavy atom. The molecule has 144 valence electrons. The summed E-state index contributed by atoms with van der Waals surface area (Å²) in [5.41, 5.74) is 1.56. The number of fused-ring (bicyclic) bond motifs is 2. The molecule has 1 amide bonds. The molecule has 0 aliphatic heterocycles. The average molecular weight is 402 g/mol. The van der Waals surface area contributed by atoms with E-state index in [9.17, 15) is 9.59 Å². The third-order valence-electron chi connectivity index (χ3n) is 4.38. The molecule has 5 nitrogen and oxygen atoms in total. The van der Waals surface area contributed by atoms with Crippen LogP contribution in [0.3, 0.4) is 0 Å². The molecule has 1 atom stereocenters. The van der Waals surface area contributed by atoms with E-state index in [-0.39, 0.29) is 5.91 Å². The third-order valence-corrected chi connectivity index (χ3v) is 5.38. The van der Waals surface area contributed by atoms with Crippen LogP contribution in [-0.4, -0.2) is 23.0 Å². The lowest BCUT2D eigenvalue weighted by molar-refractivity contribution is -0.148. The number of carbonyl (C=O) groups is 2. The largest absolute Gasteiger partial charge is 0.449 e. The third kappa shape index (κ3) is 4.33. The molecule has 0 radical (unpaired) electrons. The van der Waals surface area contributed by atoms with Gasteiger partial charge in [-0.05, 0) is 36.6 Å². The molecule has 1 N–H and O–H groups in total. The van der Waals surface area contributed by atoms with E-state index >= 15 is 0 Å². The van der Waals surface area contributed by atoms with E-state index in [0.717, 1.165) is 21.0 Å². The molecule has 3 aromatic carbocycles. The van der Waals surface area contributed by atoms with Crippen LogP contribution >= 0.6 is 11.3 Å². The molecule has 0 bridgehead atoms. The van der Waals surface area contributed by atoms with Crippen LogP contribution in [0.2, 0.25) is 0 Å². The maximum Gasteiger partial charge on any atom is 0.331 e. The summed E-state index contributed by atoms with van der Waals surface area (Å²) >= 11 is 1.48. The molecule has 4 aromatic rings. The van der Waals surface area contributed by atoms with Crippen LogP contribution in [0, 0.1) is 0 Å². The molecule has 29 heavy (non-hydrogen) atoms. The number of amides is 1. The van der Waals surface area contributed by atoms with Crippen molar-refractivity contribution in [3.05, 3.63) is 77.8 Å². The van der Waals surface area contributed by atoms with Gasteiger partial charge in [0.15, 0.2) is 6.10 Å². The summed E-state index contributed by atoms with van der Waals surface area (Å²) < 4.78 is 6.28. The Morgan fingerprint density at radius 1 is 1.03 bits per heavy atom. The van der Waals surface area contributed by atoms with Crippen molar-refractivity contribution in [3.8, 4) is 0 Å². The van der Waals surface area contributed by atoms with Crippen molar-refractivity contribution >= 4 is 56.0 Å². The quantitative estimate of drug-likeness (QED) is 0.375. The Labute approximate surface area is 171 Å². The minimum absolute atomic E-state index is 0.386. The molecular formula is C23H18N2O3S. The van der Waals surface area contributed by atoms with E-state index in [1.165, 1.54) is 17.4 Å². The first-order valence-corrected chi connectivity index (χ1v) is 9.95. The second-order valence-corrected chi connectivity index (χ2v) is 7.51. The van der Waals surface area contributed by atoms with Crippen molar-refractivity contribution in [1.82, 2.24) is 4.98 Å². The monoisotopic (exact) mass is 402 g/mol. The molecule has 0 saturated carbocycles. The number of aromatic nitrogens is 1. The van der Waals surface area contributed by atoms with Gasteiger partial charge in [-0.1, -0.05) is 48.5 Å². The van der Waals surface area contributed by atoms with E-state index in [1.54, 1.807) is 13.0 Å². The second kappa shape index (κ2) is 8.24. The standard InChI is InChI=1S/C23H18N2O3S/c1-15(23(27)25-18-11-6-8-16-7-2-3-9-17(16)18)28-22(26)14-13-21-24-19-10-4-5-12-20(19)29-21/h2-15H,1H3,(H,25,27)/b14-13+/t15-/m0/s1. The van der Waals surface area contributed by atoms with Crippen LogP contribution in [-0.2, 0) is 14.3 Å². The van der Waals surface area contributed by atoms with Crippen LogP contribution in [0.25, 0.3) is 27.1 Å². The number of anilines is 1. The smallest absolute Gasteiger partial charge is 0.331 e. The zero-order valence-corrected chi connectivity index (χ0v) is 16.5. The average Bonchev–Trinajstić information content (AvgIpc) is 3.15. The van der Waals surface area contributed by atoms with E-state index in [4.69, 9.17) is 4.74 Å². The topological polar surface area (TPSA) is 68.3 Å². The minimum atomic E-state index is -0.929. The van der Waals surface area contributed by atoms with Crippen LogP contribution < -0.4 is 5.32 Å². The molecule has 0 aliphatic rings. The fourth-order valence-electron chi connectivity index (χ4n) is 2.94. The zero-order valence-electron chi connectivity index (χ0n) is 15.7. The highest BCUT2D eigenvalue weighted by atomic mass is 32.1. The van der Waals surface area contributed by atoms with Gasteiger partial charge in [0.2, 0.25) is 0 Å². The van der Waals surface area contributed by atoms with E-state index < -0.39 is 12.1 Å². The second-order valence-electron chi connectivity index (χ2n) is 6.45. The van der Waals surface area contributed by atoms with E-state index in [0.29, 0.717) is 10.7 Å². The Kier molecular flexibility index (Phi) is 5.35. The summed E-state index contributed by atoms with van der Waals surface area (Å²) in [4.78, 5) is 29.0. The predicted molar refractivity (Wildman–Crippen MR) is 117 cm³/mol. The molecular weight excluding hydrogens is 384 g/mol. The van der Waals surface area contributed by atoms with Crippen LogP contribution in [0.5, 0.6) is 0 Å². The lowest BCUT2D eigenvalue weighted by Crippen LogP contribution is -2.29. The number of hydrogen-bond donors (Lipinski definition) is 1. The predicted octanol–water partition coefficient (Wildman–Crippen LogP) is 5.03. The van der Waals surface area contributed by atoms with Gasteiger partial charge in [-0.2, -0.15) is 0 Å².